The van der Waals surface area contributed by atoms with E-state index in [1.807, 2.05) is 26.0 Å². The Bertz CT molecular complexity index is 577. The molecule has 2 aromatic carbocycles. The van der Waals surface area contributed by atoms with Gasteiger partial charge in [-0.25, -0.2) is 0 Å². The van der Waals surface area contributed by atoms with Crippen molar-refractivity contribution in [2.24, 2.45) is 5.41 Å². The Kier molecular flexibility index (Phi) is 9.12. The molecule has 0 saturated heterocycles. The molecule has 0 fully saturated rings. The van der Waals surface area contributed by atoms with Crippen LogP contribution in [0.2, 0.25) is 0 Å². The van der Waals surface area contributed by atoms with Gasteiger partial charge in [0.25, 0.3) is 0 Å². The smallest absolute Gasteiger partial charge is 0.119 e. The number of hydrogen-bond acceptors (Lipinski definition) is 2. The summed E-state index contributed by atoms with van der Waals surface area (Å²) in [6.45, 7) is 14.1. The molecule has 0 unspecified atom stereocenters. The van der Waals surface area contributed by atoms with Gasteiger partial charge in [-0.2, -0.15) is 0 Å². The van der Waals surface area contributed by atoms with E-state index in [-0.39, 0.29) is 5.41 Å². The van der Waals surface area contributed by atoms with Crippen LogP contribution in [0.15, 0.2) is 48.5 Å². The van der Waals surface area contributed by atoms with E-state index in [1.165, 1.54) is 11.1 Å². The fourth-order valence-corrected chi connectivity index (χ4v) is 2.16. The summed E-state index contributed by atoms with van der Waals surface area (Å²) in [4.78, 5) is 0. The van der Waals surface area contributed by atoms with Crippen LogP contribution in [0.4, 0.5) is 0 Å². The topological polar surface area (TPSA) is 18.5 Å². The minimum absolute atomic E-state index is 0.181. The molecule has 0 bridgehead atoms. The number of rotatable bonds is 7. The third-order valence-electron chi connectivity index (χ3n) is 3.40. The van der Waals surface area contributed by atoms with Crippen molar-refractivity contribution < 1.29 is 9.47 Å². The summed E-state index contributed by atoms with van der Waals surface area (Å²) in [6.07, 6.45) is 1.96. The molecule has 0 aliphatic rings. The maximum absolute atomic E-state index is 5.81. The van der Waals surface area contributed by atoms with Crippen molar-refractivity contribution in [2.75, 3.05) is 13.2 Å². The zero-order valence-corrected chi connectivity index (χ0v) is 16.8. The zero-order chi connectivity index (χ0) is 18.7. The molecule has 2 rings (SSSR count). The van der Waals surface area contributed by atoms with E-state index in [9.17, 15) is 0 Å². The molecule has 0 amide bonds. The normalized spacial score (nSPS) is 10.6. The lowest BCUT2D eigenvalue weighted by Crippen LogP contribution is -2.16. The molecule has 0 radical (unpaired) electrons. The predicted molar refractivity (Wildman–Crippen MR) is 108 cm³/mol. The molecule has 2 nitrogen and oxygen atoms in total. The van der Waals surface area contributed by atoms with Gasteiger partial charge in [0.2, 0.25) is 0 Å². The van der Waals surface area contributed by atoms with Gasteiger partial charge < -0.3 is 9.47 Å². The van der Waals surface area contributed by atoms with Gasteiger partial charge in [0.05, 0.1) is 13.2 Å². The van der Waals surface area contributed by atoms with Crippen LogP contribution in [-0.2, 0) is 6.42 Å². The lowest BCUT2D eigenvalue weighted by Gasteiger charge is -2.18. The zero-order valence-electron chi connectivity index (χ0n) is 16.8. The lowest BCUT2D eigenvalue weighted by atomic mass is 9.99. The van der Waals surface area contributed by atoms with E-state index >= 15 is 0 Å². The van der Waals surface area contributed by atoms with Crippen LogP contribution in [0.25, 0.3) is 0 Å². The highest BCUT2D eigenvalue weighted by molar-refractivity contribution is 5.34. The Hall–Kier alpha value is -1.96. The van der Waals surface area contributed by atoms with Gasteiger partial charge >= 0.3 is 0 Å². The minimum atomic E-state index is 0.181. The van der Waals surface area contributed by atoms with Crippen molar-refractivity contribution in [3.8, 4) is 11.5 Å². The lowest BCUT2D eigenvalue weighted by molar-refractivity contribution is 0.198. The van der Waals surface area contributed by atoms with Crippen LogP contribution in [0.5, 0.6) is 11.5 Å². The molecular formula is C23H34O2. The molecule has 0 atom stereocenters. The highest BCUT2D eigenvalue weighted by Gasteiger charge is 2.10. The van der Waals surface area contributed by atoms with Crippen molar-refractivity contribution in [2.45, 2.75) is 54.4 Å². The average molecular weight is 343 g/mol. The second-order valence-corrected chi connectivity index (χ2v) is 7.16. The highest BCUT2D eigenvalue weighted by Crippen LogP contribution is 2.20. The van der Waals surface area contributed by atoms with Crippen LogP contribution >= 0.6 is 0 Å². The van der Waals surface area contributed by atoms with Crippen molar-refractivity contribution >= 4 is 0 Å². The summed E-state index contributed by atoms with van der Waals surface area (Å²) in [7, 11) is 0. The molecule has 2 aromatic rings. The van der Waals surface area contributed by atoms with Gasteiger partial charge in [-0.1, -0.05) is 65.8 Å². The van der Waals surface area contributed by atoms with Crippen molar-refractivity contribution in [1.82, 2.24) is 0 Å². The first-order chi connectivity index (χ1) is 12.0. The van der Waals surface area contributed by atoms with E-state index < -0.39 is 0 Å². The minimum Gasteiger partial charge on any atom is -0.494 e. The molecule has 25 heavy (non-hydrogen) atoms. The van der Waals surface area contributed by atoms with Gasteiger partial charge in [-0.15, -0.1) is 0 Å². The number of benzene rings is 2. The molecule has 0 N–H and O–H groups in total. The molecule has 0 aliphatic heterocycles. The Morgan fingerprint density at radius 1 is 0.720 bits per heavy atom. The molecular weight excluding hydrogens is 308 g/mol. The molecule has 0 spiro atoms. The van der Waals surface area contributed by atoms with Gasteiger partial charge in [-0.05, 0) is 53.6 Å². The highest BCUT2D eigenvalue weighted by atomic mass is 16.5. The summed E-state index contributed by atoms with van der Waals surface area (Å²) < 4.78 is 11.4. The second kappa shape index (κ2) is 10.8. The van der Waals surface area contributed by atoms with Gasteiger partial charge in [0.1, 0.15) is 11.5 Å². The average Bonchev–Trinajstić information content (AvgIpc) is 2.62. The molecule has 0 aliphatic carbocycles. The summed E-state index contributed by atoms with van der Waals surface area (Å²) in [6, 6.07) is 16.8. The molecule has 0 aromatic heterocycles. The monoisotopic (exact) mass is 342 g/mol. The molecule has 0 heterocycles. The standard InChI is InChI=1S/C21H28O2.C2H6/c1-5-14-22-19-10-6-17(7-11-19)15-18-8-12-20(13-9-18)23-16-21(2,3)4;1-2/h6-13H,5,14-16H2,1-4H3;1-2H3. The van der Waals surface area contributed by atoms with E-state index in [4.69, 9.17) is 9.47 Å². The third-order valence-corrected chi connectivity index (χ3v) is 3.40. The Morgan fingerprint density at radius 3 is 1.56 bits per heavy atom. The van der Waals surface area contributed by atoms with E-state index in [1.54, 1.807) is 0 Å². The SMILES string of the molecule is CC.CCCOc1ccc(Cc2ccc(OCC(C)(C)C)cc2)cc1. The second-order valence-electron chi connectivity index (χ2n) is 7.16. The first kappa shape index (κ1) is 21.1. The molecule has 138 valence electrons. The van der Waals surface area contributed by atoms with Crippen LogP contribution in [-0.4, -0.2) is 13.2 Å². The first-order valence-corrected chi connectivity index (χ1v) is 9.40. The Labute approximate surface area is 154 Å². The van der Waals surface area contributed by atoms with Crippen LogP contribution in [0.3, 0.4) is 0 Å². The summed E-state index contributed by atoms with van der Waals surface area (Å²) >= 11 is 0. The number of hydrogen-bond donors (Lipinski definition) is 0. The van der Waals surface area contributed by atoms with Gasteiger partial charge in [-0.3, -0.25) is 0 Å². The van der Waals surface area contributed by atoms with Gasteiger partial charge in [0.15, 0.2) is 0 Å². The first-order valence-electron chi connectivity index (χ1n) is 9.40. The van der Waals surface area contributed by atoms with Crippen LogP contribution < -0.4 is 9.47 Å². The maximum atomic E-state index is 5.81. The Morgan fingerprint density at radius 2 is 1.16 bits per heavy atom. The van der Waals surface area contributed by atoms with Crippen LogP contribution in [0.1, 0.15) is 59.1 Å². The van der Waals surface area contributed by atoms with Crippen LogP contribution in [0, 0.1) is 5.41 Å². The van der Waals surface area contributed by atoms with E-state index in [0.29, 0.717) is 0 Å². The molecule has 0 saturated carbocycles. The van der Waals surface area contributed by atoms with Crippen molar-refractivity contribution in [3.63, 3.8) is 0 Å². The summed E-state index contributed by atoms with van der Waals surface area (Å²) in [5.41, 5.74) is 2.76. The largest absolute Gasteiger partial charge is 0.494 e. The number of ether oxygens (including phenoxy) is 2. The van der Waals surface area contributed by atoms with Crippen molar-refractivity contribution in [3.05, 3.63) is 59.7 Å². The summed E-state index contributed by atoms with van der Waals surface area (Å²) in [5, 5.41) is 0. The fourth-order valence-electron chi connectivity index (χ4n) is 2.16. The predicted octanol–water partition coefficient (Wildman–Crippen LogP) is 6.52. The van der Waals surface area contributed by atoms with E-state index in [0.717, 1.165) is 37.6 Å². The molecule has 2 heteroatoms. The van der Waals surface area contributed by atoms with Crippen molar-refractivity contribution in [1.29, 1.82) is 0 Å². The fraction of sp³-hybridized carbons (Fsp3) is 0.478. The van der Waals surface area contributed by atoms with E-state index in [2.05, 4.69) is 64.1 Å². The Balaban J connectivity index is 0.00000151. The maximum Gasteiger partial charge on any atom is 0.119 e. The third kappa shape index (κ3) is 8.62. The summed E-state index contributed by atoms with van der Waals surface area (Å²) in [5.74, 6) is 1.88. The quantitative estimate of drug-likeness (QED) is 0.570. The van der Waals surface area contributed by atoms with Gasteiger partial charge in [0, 0.05) is 0 Å².